The Balaban J connectivity index is 2.14. The zero-order valence-corrected chi connectivity index (χ0v) is 12.0. The van der Waals surface area contributed by atoms with Gasteiger partial charge in [0.2, 0.25) is 0 Å². The van der Waals surface area contributed by atoms with E-state index < -0.39 is 0 Å². The van der Waals surface area contributed by atoms with Gasteiger partial charge in [-0.25, -0.2) is 0 Å². The summed E-state index contributed by atoms with van der Waals surface area (Å²) in [5.74, 6) is 2.81. The SMILES string of the molecule is CC(C)=CC(OC1(C)CC2CCC1C2)=C(C)C. The van der Waals surface area contributed by atoms with Gasteiger partial charge in [0.05, 0.1) is 0 Å². The molecule has 0 aromatic carbocycles. The van der Waals surface area contributed by atoms with Crippen molar-refractivity contribution >= 4 is 0 Å². The van der Waals surface area contributed by atoms with E-state index >= 15 is 0 Å². The molecule has 0 aliphatic heterocycles. The summed E-state index contributed by atoms with van der Waals surface area (Å²) in [4.78, 5) is 0. The van der Waals surface area contributed by atoms with E-state index in [0.717, 1.165) is 17.6 Å². The van der Waals surface area contributed by atoms with Gasteiger partial charge in [-0.3, -0.25) is 0 Å². The third-order valence-corrected chi connectivity index (χ3v) is 4.35. The highest BCUT2D eigenvalue weighted by Crippen LogP contribution is 2.53. The molecule has 0 aromatic rings. The molecule has 3 unspecified atom stereocenters. The van der Waals surface area contributed by atoms with Crippen molar-refractivity contribution in [3.05, 3.63) is 23.0 Å². The van der Waals surface area contributed by atoms with E-state index in [1.54, 1.807) is 0 Å². The van der Waals surface area contributed by atoms with Gasteiger partial charge in [-0.1, -0.05) is 5.57 Å². The third-order valence-electron chi connectivity index (χ3n) is 4.35. The molecule has 2 aliphatic rings. The summed E-state index contributed by atoms with van der Waals surface area (Å²) in [5.41, 5.74) is 2.70. The smallest absolute Gasteiger partial charge is 0.118 e. The first-order valence-electron chi connectivity index (χ1n) is 6.92. The normalized spacial score (nSPS) is 34.6. The van der Waals surface area contributed by atoms with Crippen LogP contribution in [0.3, 0.4) is 0 Å². The summed E-state index contributed by atoms with van der Waals surface area (Å²) >= 11 is 0. The molecule has 1 nitrogen and oxygen atoms in total. The predicted octanol–water partition coefficient (Wildman–Crippen LogP) is 4.84. The van der Waals surface area contributed by atoms with Gasteiger partial charge in [0, 0.05) is 0 Å². The average molecular weight is 234 g/mol. The Bertz CT molecular complexity index is 356. The monoisotopic (exact) mass is 234 g/mol. The van der Waals surface area contributed by atoms with Gasteiger partial charge in [-0.05, 0) is 83.8 Å². The van der Waals surface area contributed by atoms with Crippen LogP contribution in [0, 0.1) is 11.8 Å². The fraction of sp³-hybridized carbons (Fsp3) is 0.750. The van der Waals surface area contributed by atoms with Crippen LogP contribution in [0.25, 0.3) is 0 Å². The molecule has 0 aromatic heterocycles. The van der Waals surface area contributed by atoms with Crippen LogP contribution in [0.5, 0.6) is 0 Å². The Hall–Kier alpha value is -0.720. The molecule has 2 aliphatic carbocycles. The lowest BCUT2D eigenvalue weighted by molar-refractivity contribution is -0.0235. The van der Waals surface area contributed by atoms with Crippen LogP contribution in [0.2, 0.25) is 0 Å². The zero-order valence-electron chi connectivity index (χ0n) is 12.0. The maximum absolute atomic E-state index is 6.41. The van der Waals surface area contributed by atoms with Gasteiger partial charge < -0.3 is 4.74 Å². The molecule has 0 saturated heterocycles. The molecule has 0 radical (unpaired) electrons. The second-order valence-electron chi connectivity index (χ2n) is 6.58. The van der Waals surface area contributed by atoms with E-state index in [0.29, 0.717) is 0 Å². The van der Waals surface area contributed by atoms with E-state index in [1.165, 1.54) is 36.8 Å². The molecule has 0 spiro atoms. The highest BCUT2D eigenvalue weighted by atomic mass is 16.5. The summed E-state index contributed by atoms with van der Waals surface area (Å²) in [5, 5.41) is 0. The molecular weight excluding hydrogens is 208 g/mol. The van der Waals surface area contributed by atoms with Gasteiger partial charge in [-0.15, -0.1) is 0 Å². The fourth-order valence-electron chi connectivity index (χ4n) is 3.47. The highest BCUT2D eigenvalue weighted by molar-refractivity contribution is 5.22. The van der Waals surface area contributed by atoms with Crippen molar-refractivity contribution < 1.29 is 4.74 Å². The van der Waals surface area contributed by atoms with Gasteiger partial charge in [-0.2, -0.15) is 0 Å². The van der Waals surface area contributed by atoms with Crippen molar-refractivity contribution in [1.82, 2.24) is 0 Å². The second-order valence-corrected chi connectivity index (χ2v) is 6.58. The molecule has 2 bridgehead atoms. The van der Waals surface area contributed by atoms with Crippen molar-refractivity contribution in [2.24, 2.45) is 11.8 Å². The molecule has 2 saturated carbocycles. The Labute approximate surface area is 106 Å². The summed E-state index contributed by atoms with van der Waals surface area (Å²) in [6.45, 7) is 10.9. The van der Waals surface area contributed by atoms with E-state index in [2.05, 4.69) is 40.7 Å². The molecule has 17 heavy (non-hydrogen) atoms. The largest absolute Gasteiger partial charge is 0.487 e. The zero-order chi connectivity index (χ0) is 12.6. The van der Waals surface area contributed by atoms with E-state index in [1.807, 2.05) is 0 Å². The molecule has 2 fully saturated rings. The first-order chi connectivity index (χ1) is 7.90. The van der Waals surface area contributed by atoms with E-state index in [-0.39, 0.29) is 5.60 Å². The molecule has 96 valence electrons. The van der Waals surface area contributed by atoms with Crippen molar-refractivity contribution in [3.63, 3.8) is 0 Å². The number of rotatable bonds is 3. The fourth-order valence-corrected chi connectivity index (χ4v) is 3.47. The lowest BCUT2D eigenvalue weighted by atomic mass is 9.85. The molecular formula is C16H26O. The minimum atomic E-state index is 0.0987. The minimum Gasteiger partial charge on any atom is -0.487 e. The second kappa shape index (κ2) is 4.51. The number of hydrogen-bond donors (Lipinski definition) is 0. The quantitative estimate of drug-likeness (QED) is 0.501. The molecule has 0 amide bonds. The van der Waals surface area contributed by atoms with Crippen molar-refractivity contribution in [1.29, 1.82) is 0 Å². The highest BCUT2D eigenvalue weighted by Gasteiger charge is 2.49. The van der Waals surface area contributed by atoms with Crippen LogP contribution >= 0.6 is 0 Å². The van der Waals surface area contributed by atoms with Crippen molar-refractivity contribution in [3.8, 4) is 0 Å². The van der Waals surface area contributed by atoms with E-state index in [9.17, 15) is 0 Å². The van der Waals surface area contributed by atoms with Crippen LogP contribution in [-0.2, 0) is 4.74 Å². The number of hydrogen-bond acceptors (Lipinski definition) is 1. The molecule has 0 N–H and O–H groups in total. The van der Waals surface area contributed by atoms with Gasteiger partial charge >= 0.3 is 0 Å². The lowest BCUT2D eigenvalue weighted by Gasteiger charge is -2.35. The minimum absolute atomic E-state index is 0.0987. The third kappa shape index (κ3) is 2.59. The molecule has 2 rings (SSSR count). The summed E-state index contributed by atoms with van der Waals surface area (Å²) in [6, 6.07) is 0. The molecule has 0 heterocycles. The van der Waals surface area contributed by atoms with E-state index in [4.69, 9.17) is 4.74 Å². The summed E-state index contributed by atoms with van der Waals surface area (Å²) in [6.07, 6.45) is 7.63. The molecule has 1 heteroatoms. The Morgan fingerprint density at radius 2 is 1.88 bits per heavy atom. The van der Waals surface area contributed by atoms with Crippen LogP contribution in [0.15, 0.2) is 23.0 Å². The Morgan fingerprint density at radius 3 is 2.29 bits per heavy atom. The topological polar surface area (TPSA) is 9.23 Å². The number of fused-ring (bicyclic) bond motifs is 2. The standard InChI is InChI=1S/C16H26O/c1-11(2)8-15(12(3)4)17-16(5)10-13-6-7-14(16)9-13/h8,13-14H,6-7,9-10H2,1-5H3. The molecule has 3 atom stereocenters. The first-order valence-corrected chi connectivity index (χ1v) is 6.92. The number of ether oxygens (including phenoxy) is 1. The van der Waals surface area contributed by atoms with Crippen molar-refractivity contribution in [2.45, 2.75) is 65.9 Å². The van der Waals surface area contributed by atoms with Gasteiger partial charge in [0.25, 0.3) is 0 Å². The summed E-state index contributed by atoms with van der Waals surface area (Å²) < 4.78 is 6.41. The maximum Gasteiger partial charge on any atom is 0.118 e. The first kappa shape index (κ1) is 12.7. The summed E-state index contributed by atoms with van der Waals surface area (Å²) in [7, 11) is 0. The van der Waals surface area contributed by atoms with Crippen LogP contribution in [-0.4, -0.2) is 5.60 Å². The van der Waals surface area contributed by atoms with Crippen LogP contribution < -0.4 is 0 Å². The predicted molar refractivity (Wildman–Crippen MR) is 72.7 cm³/mol. The van der Waals surface area contributed by atoms with Gasteiger partial charge in [0.15, 0.2) is 0 Å². The average Bonchev–Trinajstić information content (AvgIpc) is 2.75. The van der Waals surface area contributed by atoms with Crippen molar-refractivity contribution in [2.75, 3.05) is 0 Å². The Kier molecular flexibility index (Phi) is 3.38. The maximum atomic E-state index is 6.41. The lowest BCUT2D eigenvalue weighted by Crippen LogP contribution is -2.34. The number of allylic oxidation sites excluding steroid dienone is 3. The van der Waals surface area contributed by atoms with Gasteiger partial charge in [0.1, 0.15) is 11.4 Å². The van der Waals surface area contributed by atoms with Crippen LogP contribution in [0.1, 0.15) is 60.3 Å². The Morgan fingerprint density at radius 1 is 1.18 bits per heavy atom. The van der Waals surface area contributed by atoms with Crippen LogP contribution in [0.4, 0.5) is 0 Å².